The first-order chi connectivity index (χ1) is 19.6. The Bertz CT molecular complexity index is 1160. The molecule has 7 aliphatic carbocycles. The van der Waals surface area contributed by atoms with Gasteiger partial charge in [-0.1, -0.05) is 43.7 Å². The molecule has 222 valence electrons. The van der Waals surface area contributed by atoms with Crippen molar-refractivity contribution in [3.8, 4) is 0 Å². The van der Waals surface area contributed by atoms with Gasteiger partial charge in [0, 0.05) is 0 Å². The first-order valence-electron chi connectivity index (χ1n) is 16.4. The Balaban J connectivity index is 1.04. The van der Waals surface area contributed by atoms with Gasteiger partial charge >= 0.3 is 5.97 Å². The van der Waals surface area contributed by atoms with Crippen LogP contribution in [0, 0.1) is 58.2 Å². The largest absolute Gasteiger partial charge is 0.461 e. The number of aldehydes is 1. The van der Waals surface area contributed by atoms with Gasteiger partial charge in [0.25, 0.3) is 0 Å². The number of hydrogen-bond acceptors (Lipinski definition) is 4. The molecule has 5 fully saturated rings. The van der Waals surface area contributed by atoms with Crippen LogP contribution in [-0.4, -0.2) is 24.6 Å². The Labute approximate surface area is 247 Å². The Morgan fingerprint density at radius 1 is 1.12 bits per heavy atom. The molecule has 0 heterocycles. The Morgan fingerprint density at radius 3 is 2.46 bits per heavy atom. The highest BCUT2D eigenvalue weighted by Crippen LogP contribution is 2.61. The topological polar surface area (TPSA) is 60.4 Å². The number of hydrogen-bond donors (Lipinski definition) is 0. The van der Waals surface area contributed by atoms with Crippen LogP contribution in [0.5, 0.6) is 0 Å². The first-order valence-corrected chi connectivity index (χ1v) is 16.4. The maximum atomic E-state index is 12.8. The SMILES string of the molecule is CC1=CC(=O)[C@H]2/C(C=O)=C\C[C@H]3[C@@H]([C@@H](C)/C=C\C=C(\C)COC(=O)CC45CC6CC(CC(C6)C4)C5)CC[C@]3(C)C[C@H]12. The van der Waals surface area contributed by atoms with Crippen molar-refractivity contribution < 1.29 is 19.1 Å². The molecule has 0 saturated heterocycles. The number of allylic oxidation sites excluding steroid dienone is 7. The molecule has 0 unspecified atom stereocenters. The summed E-state index contributed by atoms with van der Waals surface area (Å²) < 4.78 is 5.78. The van der Waals surface area contributed by atoms with E-state index in [0.717, 1.165) is 48.0 Å². The van der Waals surface area contributed by atoms with Crippen molar-refractivity contribution in [3.63, 3.8) is 0 Å². The normalized spacial score (nSPS) is 43.6. The summed E-state index contributed by atoms with van der Waals surface area (Å²) in [6.45, 7) is 9.23. The lowest BCUT2D eigenvalue weighted by Gasteiger charge is -2.56. The van der Waals surface area contributed by atoms with Gasteiger partial charge in [0.1, 0.15) is 12.9 Å². The number of carbonyl (C=O) groups excluding carboxylic acids is 3. The number of esters is 1. The van der Waals surface area contributed by atoms with Crippen LogP contribution < -0.4 is 0 Å². The predicted octanol–water partition coefficient (Wildman–Crippen LogP) is 7.99. The highest BCUT2D eigenvalue weighted by atomic mass is 16.5. The van der Waals surface area contributed by atoms with E-state index < -0.39 is 0 Å². The fourth-order valence-electron chi connectivity index (χ4n) is 11.0. The highest BCUT2D eigenvalue weighted by Gasteiger charge is 2.52. The van der Waals surface area contributed by atoms with Crippen molar-refractivity contribution in [1.82, 2.24) is 0 Å². The van der Waals surface area contributed by atoms with Gasteiger partial charge in [-0.3, -0.25) is 14.4 Å². The molecule has 0 radical (unpaired) electrons. The summed E-state index contributed by atoms with van der Waals surface area (Å²) in [5, 5.41) is 0. The van der Waals surface area contributed by atoms with E-state index in [0.29, 0.717) is 36.4 Å². The smallest absolute Gasteiger partial charge is 0.306 e. The van der Waals surface area contributed by atoms with E-state index in [-0.39, 0.29) is 34.4 Å². The fraction of sp³-hybridized carbons (Fsp3) is 0.703. The van der Waals surface area contributed by atoms with E-state index in [4.69, 9.17) is 4.74 Å². The van der Waals surface area contributed by atoms with Crippen molar-refractivity contribution in [3.05, 3.63) is 47.1 Å². The molecule has 7 aliphatic rings. The highest BCUT2D eigenvalue weighted by molar-refractivity contribution is 6.01. The zero-order chi connectivity index (χ0) is 28.9. The van der Waals surface area contributed by atoms with Gasteiger partial charge in [0.2, 0.25) is 0 Å². The van der Waals surface area contributed by atoms with Crippen LogP contribution in [0.2, 0.25) is 0 Å². The summed E-state index contributed by atoms with van der Waals surface area (Å²) in [5.41, 5.74) is 3.32. The van der Waals surface area contributed by atoms with Crippen LogP contribution in [-0.2, 0) is 19.1 Å². The molecular formula is C37H50O4. The number of carbonyl (C=O) groups is 3. The van der Waals surface area contributed by atoms with Gasteiger partial charge in [-0.25, -0.2) is 0 Å². The predicted molar refractivity (Wildman–Crippen MR) is 162 cm³/mol. The van der Waals surface area contributed by atoms with Crippen molar-refractivity contribution in [2.75, 3.05) is 6.61 Å². The Morgan fingerprint density at radius 2 is 1.80 bits per heavy atom. The molecule has 0 aromatic heterocycles. The molecule has 4 heteroatoms. The second kappa shape index (κ2) is 11.1. The zero-order valence-corrected chi connectivity index (χ0v) is 25.7. The molecule has 0 aromatic rings. The summed E-state index contributed by atoms with van der Waals surface area (Å²) in [5.74, 6) is 4.02. The second-order valence-corrected chi connectivity index (χ2v) is 15.6. The average Bonchev–Trinajstić information content (AvgIpc) is 3.35. The molecule has 6 atom stereocenters. The average molecular weight is 559 g/mol. The first kappa shape index (κ1) is 28.9. The molecule has 0 spiro atoms. The van der Waals surface area contributed by atoms with Crippen LogP contribution in [0.1, 0.15) is 98.3 Å². The van der Waals surface area contributed by atoms with E-state index in [2.05, 4.69) is 52.0 Å². The molecule has 0 aromatic carbocycles. The molecule has 4 bridgehead atoms. The zero-order valence-electron chi connectivity index (χ0n) is 25.7. The number of ketones is 1. The molecule has 0 aliphatic heterocycles. The second-order valence-electron chi connectivity index (χ2n) is 15.6. The third-order valence-electron chi connectivity index (χ3n) is 12.5. The summed E-state index contributed by atoms with van der Waals surface area (Å²) in [7, 11) is 0. The number of ether oxygens (including phenoxy) is 1. The monoisotopic (exact) mass is 558 g/mol. The molecule has 41 heavy (non-hydrogen) atoms. The van der Waals surface area contributed by atoms with Crippen molar-refractivity contribution in [2.24, 2.45) is 58.2 Å². The Kier molecular flexibility index (Phi) is 7.83. The van der Waals surface area contributed by atoms with E-state index in [1.54, 1.807) is 6.08 Å². The van der Waals surface area contributed by atoms with Crippen LogP contribution >= 0.6 is 0 Å². The van der Waals surface area contributed by atoms with Gasteiger partial charge in [-0.2, -0.15) is 0 Å². The summed E-state index contributed by atoms with van der Waals surface area (Å²) in [6.07, 6.45) is 24.1. The maximum Gasteiger partial charge on any atom is 0.306 e. The number of rotatable bonds is 8. The van der Waals surface area contributed by atoms with Gasteiger partial charge in [-0.15, -0.1) is 0 Å². The van der Waals surface area contributed by atoms with Crippen LogP contribution in [0.4, 0.5) is 0 Å². The van der Waals surface area contributed by atoms with Crippen LogP contribution in [0.15, 0.2) is 47.1 Å². The van der Waals surface area contributed by atoms with E-state index in [1.807, 2.05) is 0 Å². The molecule has 0 amide bonds. The van der Waals surface area contributed by atoms with Crippen LogP contribution in [0.3, 0.4) is 0 Å². The summed E-state index contributed by atoms with van der Waals surface area (Å²) in [4.78, 5) is 37.5. The van der Waals surface area contributed by atoms with Crippen molar-refractivity contribution in [2.45, 2.75) is 98.3 Å². The van der Waals surface area contributed by atoms with Gasteiger partial charge in [0.15, 0.2) is 5.78 Å². The van der Waals surface area contributed by atoms with E-state index in [9.17, 15) is 14.4 Å². The third kappa shape index (κ3) is 5.62. The summed E-state index contributed by atoms with van der Waals surface area (Å²) >= 11 is 0. The third-order valence-corrected chi connectivity index (χ3v) is 12.5. The fourth-order valence-corrected chi connectivity index (χ4v) is 11.0. The van der Waals surface area contributed by atoms with Crippen LogP contribution in [0.25, 0.3) is 0 Å². The lowest BCUT2D eigenvalue weighted by Crippen LogP contribution is -2.47. The van der Waals surface area contributed by atoms with Crippen molar-refractivity contribution in [1.29, 1.82) is 0 Å². The Hall–Kier alpha value is -2.23. The number of fused-ring (bicyclic) bond motifs is 2. The van der Waals surface area contributed by atoms with E-state index in [1.165, 1.54) is 51.4 Å². The molecule has 7 rings (SSSR count). The van der Waals surface area contributed by atoms with Gasteiger partial charge in [-0.05, 0) is 148 Å². The van der Waals surface area contributed by atoms with E-state index >= 15 is 0 Å². The molecular weight excluding hydrogens is 508 g/mol. The quantitative estimate of drug-likeness (QED) is 0.172. The minimum absolute atomic E-state index is 0.00870. The van der Waals surface area contributed by atoms with Gasteiger partial charge in [0.05, 0.1) is 12.3 Å². The minimum atomic E-state index is -0.267. The lowest BCUT2D eigenvalue weighted by molar-refractivity contribution is -0.151. The van der Waals surface area contributed by atoms with Gasteiger partial charge < -0.3 is 4.74 Å². The maximum absolute atomic E-state index is 12.8. The molecule has 4 nitrogen and oxygen atoms in total. The standard InChI is InChI=1S/C37H50O4/c1-23(22-41-34(40)20-37-16-26-13-27(17-37)15-28(14-26)18-37)6-5-7-24(2)30-10-11-36(4)19-31-25(3)12-33(39)35(31)29(21-38)8-9-32(30)36/h5-8,12,21,24,26-28,30-32,35H,9-11,13-20,22H2,1-4H3/b7-5-,23-6-,29-8-/t24-,26?,27?,28?,30+,31+,32-,35-,36+,37?/m0/s1. The minimum Gasteiger partial charge on any atom is -0.461 e. The lowest BCUT2D eigenvalue weighted by atomic mass is 9.49. The summed E-state index contributed by atoms with van der Waals surface area (Å²) in [6, 6.07) is 0. The molecule has 0 N–H and O–H groups in total. The van der Waals surface area contributed by atoms with Crippen molar-refractivity contribution >= 4 is 18.0 Å². The molecule has 5 saturated carbocycles.